The first-order chi connectivity index (χ1) is 7.65. The SMILES string of the molecule is C=c1cccc(OC)/c1=C(/O)N(CC)CC. The van der Waals surface area contributed by atoms with E-state index in [2.05, 4.69) is 6.58 Å². The molecule has 0 spiro atoms. The Balaban J connectivity index is 3.50. The smallest absolute Gasteiger partial charge is 0.198 e. The summed E-state index contributed by atoms with van der Waals surface area (Å²) in [7, 11) is 1.59. The van der Waals surface area contributed by atoms with Crippen LogP contribution in [-0.2, 0) is 0 Å². The minimum Gasteiger partial charge on any atom is -0.496 e. The van der Waals surface area contributed by atoms with Crippen LogP contribution in [-0.4, -0.2) is 30.2 Å². The fourth-order valence-electron chi connectivity index (χ4n) is 1.68. The number of methoxy groups -OCH3 is 1. The second-order valence-electron chi connectivity index (χ2n) is 3.49. The summed E-state index contributed by atoms with van der Waals surface area (Å²) in [5.74, 6) is 0.879. The van der Waals surface area contributed by atoms with Crippen molar-refractivity contribution >= 4 is 12.5 Å². The van der Waals surface area contributed by atoms with Crippen molar-refractivity contribution in [3.05, 3.63) is 28.6 Å². The van der Waals surface area contributed by atoms with E-state index in [4.69, 9.17) is 4.74 Å². The molecule has 0 bridgehead atoms. The summed E-state index contributed by atoms with van der Waals surface area (Å²) in [5, 5.41) is 11.6. The zero-order valence-corrected chi connectivity index (χ0v) is 10.2. The molecule has 0 amide bonds. The van der Waals surface area contributed by atoms with Crippen LogP contribution in [0.4, 0.5) is 0 Å². The van der Waals surface area contributed by atoms with Gasteiger partial charge in [0.1, 0.15) is 5.75 Å². The van der Waals surface area contributed by atoms with Gasteiger partial charge in [-0.2, -0.15) is 0 Å². The molecular weight excluding hydrogens is 202 g/mol. The number of benzene rings is 1. The molecular formula is C13H19NO2. The molecule has 0 saturated heterocycles. The van der Waals surface area contributed by atoms with Gasteiger partial charge < -0.3 is 14.7 Å². The van der Waals surface area contributed by atoms with Crippen molar-refractivity contribution in [1.29, 1.82) is 0 Å². The Hall–Kier alpha value is -1.64. The maximum atomic E-state index is 10.2. The van der Waals surface area contributed by atoms with E-state index in [1.54, 1.807) is 7.11 Å². The van der Waals surface area contributed by atoms with Crippen LogP contribution in [0, 0.1) is 0 Å². The van der Waals surface area contributed by atoms with Gasteiger partial charge >= 0.3 is 0 Å². The average Bonchev–Trinajstić information content (AvgIpc) is 2.29. The highest BCUT2D eigenvalue weighted by atomic mass is 16.5. The van der Waals surface area contributed by atoms with Crippen LogP contribution < -0.4 is 15.2 Å². The molecule has 0 fully saturated rings. The van der Waals surface area contributed by atoms with Crippen molar-refractivity contribution in [1.82, 2.24) is 4.90 Å². The van der Waals surface area contributed by atoms with Crippen molar-refractivity contribution in [2.75, 3.05) is 20.2 Å². The van der Waals surface area contributed by atoms with Crippen molar-refractivity contribution in [3.8, 4) is 5.75 Å². The number of aliphatic hydroxyl groups excluding tert-OH is 1. The predicted molar refractivity (Wildman–Crippen MR) is 66.7 cm³/mol. The minimum atomic E-state index is 0.229. The highest BCUT2D eigenvalue weighted by Crippen LogP contribution is 2.03. The monoisotopic (exact) mass is 221 g/mol. The Kier molecular flexibility index (Phi) is 4.23. The molecule has 3 heteroatoms. The lowest BCUT2D eigenvalue weighted by molar-refractivity contribution is 0.300. The zero-order valence-electron chi connectivity index (χ0n) is 10.2. The topological polar surface area (TPSA) is 32.7 Å². The van der Waals surface area contributed by atoms with Crippen molar-refractivity contribution in [3.63, 3.8) is 0 Å². The van der Waals surface area contributed by atoms with E-state index in [0.29, 0.717) is 11.0 Å². The lowest BCUT2D eigenvalue weighted by atomic mass is 10.2. The number of hydrogen-bond acceptors (Lipinski definition) is 3. The number of rotatable bonds is 4. The Bertz CT molecular complexity index is 449. The molecule has 16 heavy (non-hydrogen) atoms. The number of hydrogen-bond donors (Lipinski definition) is 1. The second-order valence-corrected chi connectivity index (χ2v) is 3.49. The molecule has 0 aromatic heterocycles. The quantitative estimate of drug-likeness (QED) is 0.825. The predicted octanol–water partition coefficient (Wildman–Crippen LogP) is 1.07. The van der Waals surface area contributed by atoms with Gasteiger partial charge in [0.05, 0.1) is 12.3 Å². The molecule has 0 aliphatic carbocycles. The Labute approximate surface area is 96.3 Å². The summed E-state index contributed by atoms with van der Waals surface area (Å²) in [6.07, 6.45) is 0. The molecule has 0 aliphatic rings. The number of nitrogens with zero attached hydrogens (tertiary/aromatic N) is 1. The van der Waals surface area contributed by atoms with E-state index in [0.717, 1.165) is 18.3 Å². The van der Waals surface area contributed by atoms with Gasteiger partial charge in [0, 0.05) is 13.1 Å². The van der Waals surface area contributed by atoms with E-state index in [1.165, 1.54) is 0 Å². The zero-order chi connectivity index (χ0) is 12.1. The van der Waals surface area contributed by atoms with Crippen LogP contribution >= 0.6 is 0 Å². The maximum absolute atomic E-state index is 10.2. The summed E-state index contributed by atoms with van der Waals surface area (Å²) < 4.78 is 5.24. The van der Waals surface area contributed by atoms with Gasteiger partial charge in [0.2, 0.25) is 0 Å². The number of aliphatic hydroxyl groups is 1. The number of ether oxygens (including phenoxy) is 1. The lowest BCUT2D eigenvalue weighted by Crippen LogP contribution is -2.34. The maximum Gasteiger partial charge on any atom is 0.198 e. The highest BCUT2D eigenvalue weighted by molar-refractivity contribution is 5.41. The normalized spacial score (nSPS) is 12.2. The third kappa shape index (κ3) is 2.30. The molecule has 3 nitrogen and oxygen atoms in total. The van der Waals surface area contributed by atoms with E-state index >= 15 is 0 Å². The summed E-state index contributed by atoms with van der Waals surface area (Å²) in [6.45, 7) is 9.41. The molecule has 1 N–H and O–H groups in total. The molecule has 1 rings (SSSR count). The van der Waals surface area contributed by atoms with Gasteiger partial charge in [0.15, 0.2) is 5.88 Å². The van der Waals surface area contributed by atoms with Gasteiger partial charge in [-0.25, -0.2) is 0 Å². The fraction of sp³-hybridized carbons (Fsp3) is 0.385. The summed E-state index contributed by atoms with van der Waals surface area (Å²) in [6, 6.07) is 5.54. The first kappa shape index (κ1) is 12.4. The molecule has 1 aromatic rings. The van der Waals surface area contributed by atoms with Crippen molar-refractivity contribution in [2.24, 2.45) is 0 Å². The van der Waals surface area contributed by atoms with Gasteiger partial charge in [-0.3, -0.25) is 0 Å². The standard InChI is InChI=1S/C13H19NO2/c1-5-14(6-2)13(15)12-10(3)8-7-9-11(12)16-4/h7-9,15H,3,5-6H2,1-2,4H3/b13-12+. The Morgan fingerprint density at radius 1 is 1.38 bits per heavy atom. The molecule has 0 radical (unpaired) electrons. The third-order valence-electron chi connectivity index (χ3n) is 2.62. The molecule has 0 heterocycles. The molecule has 88 valence electrons. The average molecular weight is 221 g/mol. The van der Waals surface area contributed by atoms with Crippen LogP contribution in [0.25, 0.3) is 12.5 Å². The second kappa shape index (κ2) is 5.45. The Morgan fingerprint density at radius 3 is 2.50 bits per heavy atom. The van der Waals surface area contributed by atoms with Crippen LogP contribution in [0.2, 0.25) is 0 Å². The molecule has 0 unspecified atom stereocenters. The third-order valence-corrected chi connectivity index (χ3v) is 2.62. The summed E-state index contributed by atoms with van der Waals surface area (Å²) >= 11 is 0. The van der Waals surface area contributed by atoms with Crippen molar-refractivity contribution < 1.29 is 9.84 Å². The van der Waals surface area contributed by atoms with E-state index < -0.39 is 0 Å². The van der Waals surface area contributed by atoms with Gasteiger partial charge in [-0.1, -0.05) is 18.7 Å². The molecule has 0 atom stereocenters. The Morgan fingerprint density at radius 2 is 2.00 bits per heavy atom. The van der Waals surface area contributed by atoms with Crippen molar-refractivity contribution in [2.45, 2.75) is 13.8 Å². The highest BCUT2D eigenvalue weighted by Gasteiger charge is 2.07. The van der Waals surface area contributed by atoms with Gasteiger partial charge in [-0.15, -0.1) is 0 Å². The first-order valence-electron chi connectivity index (χ1n) is 5.45. The molecule has 0 saturated carbocycles. The van der Waals surface area contributed by atoms with Crippen LogP contribution in [0.15, 0.2) is 18.2 Å². The van der Waals surface area contributed by atoms with E-state index in [9.17, 15) is 5.11 Å². The van der Waals surface area contributed by atoms with Crippen LogP contribution in [0.3, 0.4) is 0 Å². The largest absolute Gasteiger partial charge is 0.496 e. The minimum absolute atomic E-state index is 0.229. The van der Waals surface area contributed by atoms with Crippen LogP contribution in [0.1, 0.15) is 13.8 Å². The molecule has 0 aliphatic heterocycles. The van der Waals surface area contributed by atoms with Gasteiger partial charge in [0.25, 0.3) is 0 Å². The van der Waals surface area contributed by atoms with E-state index in [1.807, 2.05) is 36.9 Å². The lowest BCUT2D eigenvalue weighted by Gasteiger charge is -2.20. The fourth-order valence-corrected chi connectivity index (χ4v) is 1.68. The first-order valence-corrected chi connectivity index (χ1v) is 5.45. The molecule has 1 aromatic carbocycles. The van der Waals surface area contributed by atoms with E-state index in [-0.39, 0.29) is 5.88 Å². The van der Waals surface area contributed by atoms with Gasteiger partial charge in [-0.05, 0) is 25.1 Å². The summed E-state index contributed by atoms with van der Waals surface area (Å²) in [5.41, 5.74) is 0. The van der Waals surface area contributed by atoms with Crippen LogP contribution in [0.5, 0.6) is 5.75 Å². The summed E-state index contributed by atoms with van der Waals surface area (Å²) in [4.78, 5) is 1.87.